The van der Waals surface area contributed by atoms with Crippen LogP contribution in [0.15, 0.2) is 94.4 Å². The number of rotatable bonds is 7. The topological polar surface area (TPSA) is 93.0 Å². The number of benzene rings is 3. The van der Waals surface area contributed by atoms with E-state index in [9.17, 15) is 13.2 Å². The molecule has 39 heavy (non-hydrogen) atoms. The Balaban J connectivity index is 1.28. The Kier molecular flexibility index (Phi) is 6.68. The van der Waals surface area contributed by atoms with Gasteiger partial charge in [-0.1, -0.05) is 35.6 Å². The summed E-state index contributed by atoms with van der Waals surface area (Å²) in [6.07, 6.45) is 2.22. The molecule has 0 saturated heterocycles. The Morgan fingerprint density at radius 2 is 1.85 bits per heavy atom. The molecule has 1 aliphatic heterocycles. The highest BCUT2D eigenvalue weighted by Crippen LogP contribution is 2.33. The molecule has 6 rings (SSSR count). The van der Waals surface area contributed by atoms with Gasteiger partial charge in [-0.15, -0.1) is 0 Å². The predicted octanol–water partition coefficient (Wildman–Crippen LogP) is 5.49. The van der Waals surface area contributed by atoms with Crippen LogP contribution < -0.4 is 9.64 Å². The van der Waals surface area contributed by atoms with Crippen LogP contribution in [0.4, 0.5) is 5.13 Å². The van der Waals surface area contributed by atoms with Crippen LogP contribution in [-0.2, 0) is 29.5 Å². The first-order chi connectivity index (χ1) is 18.9. The number of anilines is 1. The lowest BCUT2D eigenvalue weighted by Gasteiger charge is -2.28. The van der Waals surface area contributed by atoms with Crippen molar-refractivity contribution in [3.63, 3.8) is 0 Å². The van der Waals surface area contributed by atoms with Gasteiger partial charge < -0.3 is 9.15 Å². The summed E-state index contributed by atoms with van der Waals surface area (Å²) in [5, 5.41) is 0.503. The number of nitrogens with zero attached hydrogens (tertiary/aromatic N) is 3. The van der Waals surface area contributed by atoms with Crippen molar-refractivity contribution in [2.45, 2.75) is 24.4 Å². The minimum Gasteiger partial charge on any atom is -0.497 e. The Morgan fingerprint density at radius 3 is 2.59 bits per heavy atom. The number of aromatic nitrogens is 1. The fraction of sp³-hybridized carbons (Fsp3) is 0.172. The predicted molar refractivity (Wildman–Crippen MR) is 150 cm³/mol. The first-order valence-electron chi connectivity index (χ1n) is 12.4. The van der Waals surface area contributed by atoms with Gasteiger partial charge in [-0.05, 0) is 72.1 Å². The highest BCUT2D eigenvalue weighted by Gasteiger charge is 2.29. The molecule has 0 N–H and O–H groups in total. The lowest BCUT2D eigenvalue weighted by atomic mass is 10.0. The standard InChI is InChI=1S/C29H25N3O5S2/c1-36-23-10-13-26-27(17-23)38-29(30-26)32(19-24-7-4-16-37-24)28(33)21-8-11-25(12-9-21)39(34,35)31-15-14-20-5-2-3-6-22(20)18-31/h2-13,16-17H,14-15,18-19H2,1H3. The van der Waals surface area contributed by atoms with E-state index < -0.39 is 10.0 Å². The maximum absolute atomic E-state index is 13.7. The first kappa shape index (κ1) is 25.3. The Morgan fingerprint density at radius 1 is 1.05 bits per heavy atom. The number of hydrogen-bond donors (Lipinski definition) is 0. The molecule has 198 valence electrons. The van der Waals surface area contributed by atoms with E-state index in [1.54, 1.807) is 42.5 Å². The average molecular weight is 560 g/mol. The third kappa shape index (κ3) is 4.94. The van der Waals surface area contributed by atoms with E-state index >= 15 is 0 Å². The van der Waals surface area contributed by atoms with Crippen LogP contribution in [0.1, 0.15) is 27.2 Å². The SMILES string of the molecule is COc1ccc2nc(N(Cc3ccco3)C(=O)c3ccc(S(=O)(=O)N4CCc5ccccc5C4)cc3)sc2c1. The van der Waals surface area contributed by atoms with Gasteiger partial charge in [0.1, 0.15) is 11.5 Å². The molecule has 10 heteroatoms. The Bertz CT molecular complexity index is 1750. The molecule has 0 spiro atoms. The number of ether oxygens (including phenoxy) is 1. The molecular weight excluding hydrogens is 534 g/mol. The maximum atomic E-state index is 13.7. The summed E-state index contributed by atoms with van der Waals surface area (Å²) in [5.41, 5.74) is 3.29. The number of amides is 1. The molecule has 0 aliphatic carbocycles. The van der Waals surface area contributed by atoms with Gasteiger partial charge in [0.05, 0.1) is 35.0 Å². The highest BCUT2D eigenvalue weighted by molar-refractivity contribution is 7.89. The van der Waals surface area contributed by atoms with Gasteiger partial charge >= 0.3 is 0 Å². The zero-order valence-electron chi connectivity index (χ0n) is 21.1. The quantitative estimate of drug-likeness (QED) is 0.262. The second-order valence-electron chi connectivity index (χ2n) is 9.18. The molecular formula is C29H25N3O5S2. The molecule has 5 aromatic rings. The second-order valence-corrected chi connectivity index (χ2v) is 12.1. The summed E-state index contributed by atoms with van der Waals surface area (Å²) < 4.78 is 40.0. The molecule has 1 amide bonds. The number of carbonyl (C=O) groups excluding carboxylic acids is 1. The molecule has 0 bridgehead atoms. The van der Waals surface area contributed by atoms with E-state index in [1.165, 1.54) is 33.3 Å². The van der Waals surface area contributed by atoms with Gasteiger partial charge in [0.25, 0.3) is 5.91 Å². The van der Waals surface area contributed by atoms with E-state index in [1.807, 2.05) is 42.5 Å². The maximum Gasteiger partial charge on any atom is 0.260 e. The van der Waals surface area contributed by atoms with E-state index in [4.69, 9.17) is 9.15 Å². The minimum absolute atomic E-state index is 0.156. The van der Waals surface area contributed by atoms with E-state index in [0.717, 1.165) is 15.8 Å². The number of methoxy groups -OCH3 is 1. The Hall–Kier alpha value is -3.99. The number of sulfonamides is 1. The fourth-order valence-electron chi connectivity index (χ4n) is 4.67. The van der Waals surface area contributed by atoms with Gasteiger partial charge in [-0.25, -0.2) is 13.4 Å². The van der Waals surface area contributed by atoms with Crippen molar-refractivity contribution in [3.05, 3.63) is 108 Å². The van der Waals surface area contributed by atoms with Gasteiger partial charge in [0.15, 0.2) is 5.13 Å². The van der Waals surface area contributed by atoms with Crippen molar-refractivity contribution in [2.24, 2.45) is 0 Å². The van der Waals surface area contributed by atoms with Crippen LogP contribution in [0, 0.1) is 0 Å². The minimum atomic E-state index is -3.71. The number of hydrogen-bond acceptors (Lipinski definition) is 7. The highest BCUT2D eigenvalue weighted by atomic mass is 32.2. The van der Waals surface area contributed by atoms with Crippen molar-refractivity contribution in [2.75, 3.05) is 18.6 Å². The molecule has 3 heterocycles. The molecule has 8 nitrogen and oxygen atoms in total. The molecule has 3 aromatic carbocycles. The lowest BCUT2D eigenvalue weighted by molar-refractivity contribution is 0.0983. The summed E-state index contributed by atoms with van der Waals surface area (Å²) in [5.74, 6) is 0.994. The van der Waals surface area contributed by atoms with Crippen molar-refractivity contribution in [1.29, 1.82) is 0 Å². The van der Waals surface area contributed by atoms with Crippen LogP contribution in [0.5, 0.6) is 5.75 Å². The molecule has 2 aromatic heterocycles. The van der Waals surface area contributed by atoms with Crippen LogP contribution in [-0.4, -0.2) is 37.3 Å². The number of thiazole rings is 1. The summed E-state index contributed by atoms with van der Waals surface area (Å²) in [6, 6.07) is 23.1. The molecule has 0 saturated carbocycles. The third-order valence-corrected chi connectivity index (χ3v) is 9.69. The zero-order chi connectivity index (χ0) is 27.0. The molecule has 1 aliphatic rings. The second kappa shape index (κ2) is 10.3. The summed E-state index contributed by atoms with van der Waals surface area (Å²) in [6.45, 7) is 0.924. The largest absolute Gasteiger partial charge is 0.497 e. The van der Waals surface area contributed by atoms with E-state index in [0.29, 0.717) is 41.7 Å². The monoisotopic (exact) mass is 559 g/mol. The molecule has 0 radical (unpaired) electrons. The van der Waals surface area contributed by atoms with Gasteiger partial charge in [0, 0.05) is 18.7 Å². The number of fused-ring (bicyclic) bond motifs is 2. The van der Waals surface area contributed by atoms with Crippen LogP contribution in [0.25, 0.3) is 10.2 Å². The van der Waals surface area contributed by atoms with Crippen molar-refractivity contribution in [1.82, 2.24) is 9.29 Å². The van der Waals surface area contributed by atoms with E-state index in [2.05, 4.69) is 4.98 Å². The normalized spacial score (nSPS) is 13.8. The molecule has 0 fully saturated rings. The smallest absolute Gasteiger partial charge is 0.260 e. The lowest BCUT2D eigenvalue weighted by Crippen LogP contribution is -2.36. The van der Waals surface area contributed by atoms with Crippen LogP contribution in [0.2, 0.25) is 0 Å². The summed E-state index contributed by atoms with van der Waals surface area (Å²) >= 11 is 1.37. The first-order valence-corrected chi connectivity index (χ1v) is 14.6. The van der Waals surface area contributed by atoms with Crippen molar-refractivity contribution >= 4 is 42.6 Å². The Labute approximate surface area is 230 Å². The summed E-state index contributed by atoms with van der Waals surface area (Å²) in [7, 11) is -2.11. The average Bonchev–Trinajstić information content (AvgIpc) is 3.64. The van der Waals surface area contributed by atoms with Crippen molar-refractivity contribution in [3.8, 4) is 5.75 Å². The molecule has 0 unspecified atom stereocenters. The van der Waals surface area contributed by atoms with Crippen molar-refractivity contribution < 1.29 is 22.4 Å². The summed E-state index contributed by atoms with van der Waals surface area (Å²) in [4.78, 5) is 20.1. The zero-order valence-corrected chi connectivity index (χ0v) is 22.7. The molecule has 0 atom stereocenters. The van der Waals surface area contributed by atoms with Gasteiger partial charge in [-0.3, -0.25) is 9.69 Å². The third-order valence-electron chi connectivity index (χ3n) is 6.79. The number of carbonyl (C=O) groups is 1. The fourth-order valence-corrected chi connectivity index (χ4v) is 7.08. The van der Waals surface area contributed by atoms with Crippen LogP contribution >= 0.6 is 11.3 Å². The van der Waals surface area contributed by atoms with Crippen LogP contribution in [0.3, 0.4) is 0 Å². The van der Waals surface area contributed by atoms with Gasteiger partial charge in [-0.2, -0.15) is 4.31 Å². The van der Waals surface area contributed by atoms with E-state index in [-0.39, 0.29) is 17.3 Å². The number of furan rings is 1. The van der Waals surface area contributed by atoms with Gasteiger partial charge in [0.2, 0.25) is 10.0 Å².